The van der Waals surface area contributed by atoms with Gasteiger partial charge >= 0.3 is 0 Å². The van der Waals surface area contributed by atoms with Gasteiger partial charge in [-0.2, -0.15) is 0 Å². The Morgan fingerprint density at radius 1 is 0.964 bits per heavy atom. The molecule has 1 N–H and O–H groups in total. The molecule has 152 valence electrons. The van der Waals surface area contributed by atoms with Crippen molar-refractivity contribution in [3.63, 3.8) is 0 Å². The maximum Gasteiger partial charge on any atom is 0.119 e. The fourth-order valence-electron chi connectivity index (χ4n) is 4.37. The Morgan fingerprint density at radius 2 is 1.75 bits per heavy atom. The number of fused-ring (bicyclic) bond motifs is 1. The van der Waals surface area contributed by atoms with E-state index in [0.717, 1.165) is 25.3 Å². The van der Waals surface area contributed by atoms with Gasteiger partial charge in [0.25, 0.3) is 0 Å². The maximum absolute atomic E-state index is 5.93. The molecule has 1 atom stereocenters. The molecule has 1 aliphatic carbocycles. The zero-order chi connectivity index (χ0) is 18.3. The van der Waals surface area contributed by atoms with E-state index >= 15 is 0 Å². The van der Waals surface area contributed by atoms with E-state index in [1.807, 2.05) is 0 Å². The number of likely N-dealkylation sites (tertiary alicyclic amines) is 1. The van der Waals surface area contributed by atoms with E-state index in [4.69, 9.17) is 4.74 Å². The van der Waals surface area contributed by atoms with Crippen LogP contribution in [0.25, 0.3) is 0 Å². The smallest absolute Gasteiger partial charge is 0.119 e. The Labute approximate surface area is 171 Å². The van der Waals surface area contributed by atoms with Crippen LogP contribution in [0.4, 0.5) is 0 Å². The predicted molar refractivity (Wildman–Crippen MR) is 118 cm³/mol. The van der Waals surface area contributed by atoms with Crippen LogP contribution in [0.15, 0.2) is 48.5 Å². The van der Waals surface area contributed by atoms with Crippen LogP contribution in [0.1, 0.15) is 62.3 Å². The van der Waals surface area contributed by atoms with Crippen LogP contribution in [0.2, 0.25) is 0 Å². The van der Waals surface area contributed by atoms with Crippen LogP contribution < -0.4 is 10.1 Å². The molecule has 2 aliphatic rings. The minimum absolute atomic E-state index is 0. The number of ether oxygens (including phenoxy) is 1. The lowest BCUT2D eigenvalue weighted by Crippen LogP contribution is -2.31. The molecule has 2 aromatic rings. The van der Waals surface area contributed by atoms with Crippen molar-refractivity contribution >= 4 is 0 Å². The van der Waals surface area contributed by atoms with Crippen molar-refractivity contribution in [2.75, 3.05) is 26.2 Å². The highest BCUT2D eigenvalue weighted by atomic mass is 16.5. The van der Waals surface area contributed by atoms with E-state index < -0.39 is 0 Å². The summed E-state index contributed by atoms with van der Waals surface area (Å²) in [5.74, 6) is 0.989. The van der Waals surface area contributed by atoms with Crippen molar-refractivity contribution in [2.24, 2.45) is 0 Å². The molecule has 3 heteroatoms. The molecule has 0 bridgehead atoms. The van der Waals surface area contributed by atoms with Crippen LogP contribution in [0.3, 0.4) is 0 Å². The quantitative estimate of drug-likeness (QED) is 0.624. The van der Waals surface area contributed by atoms with E-state index in [0.29, 0.717) is 6.04 Å². The molecule has 3 nitrogen and oxygen atoms in total. The van der Waals surface area contributed by atoms with Gasteiger partial charge in [-0.15, -0.1) is 0 Å². The highest BCUT2D eigenvalue weighted by Crippen LogP contribution is 2.30. The molecule has 1 fully saturated rings. The van der Waals surface area contributed by atoms with Gasteiger partial charge in [0.15, 0.2) is 0 Å². The van der Waals surface area contributed by atoms with E-state index in [2.05, 4.69) is 58.7 Å². The number of piperidine rings is 1. The summed E-state index contributed by atoms with van der Waals surface area (Å²) in [6, 6.07) is 17.9. The second-order valence-electron chi connectivity index (χ2n) is 7.92. The summed E-state index contributed by atoms with van der Waals surface area (Å²) in [4.78, 5) is 2.57. The Morgan fingerprint density at radius 3 is 2.57 bits per heavy atom. The molecular formula is C25H36N2O. The largest absolute Gasteiger partial charge is 0.494 e. The van der Waals surface area contributed by atoms with Gasteiger partial charge in [0.2, 0.25) is 0 Å². The number of hydrogen-bond donors (Lipinski definition) is 1. The van der Waals surface area contributed by atoms with Crippen LogP contribution in [-0.2, 0) is 13.0 Å². The fraction of sp³-hybridized carbons (Fsp3) is 0.520. The molecule has 0 aromatic heterocycles. The SMILES string of the molecule is C.c1ccc2c(c1)CCC2NCc1ccc(OCCCN2CCCCC2)cc1. The normalized spacial score (nSPS) is 19.1. The van der Waals surface area contributed by atoms with Crippen molar-refractivity contribution in [1.29, 1.82) is 0 Å². The Kier molecular flexibility index (Phi) is 7.93. The highest BCUT2D eigenvalue weighted by molar-refractivity contribution is 5.34. The summed E-state index contributed by atoms with van der Waals surface area (Å²) in [6.45, 7) is 5.44. The van der Waals surface area contributed by atoms with Gasteiger partial charge in [-0.3, -0.25) is 0 Å². The van der Waals surface area contributed by atoms with E-state index in [-0.39, 0.29) is 7.43 Å². The van der Waals surface area contributed by atoms with Crippen molar-refractivity contribution in [1.82, 2.24) is 10.2 Å². The summed E-state index contributed by atoms with van der Waals surface area (Å²) in [5.41, 5.74) is 4.30. The van der Waals surface area contributed by atoms with Gasteiger partial charge in [0.1, 0.15) is 5.75 Å². The first kappa shape index (κ1) is 20.9. The topological polar surface area (TPSA) is 24.5 Å². The lowest BCUT2D eigenvalue weighted by atomic mass is 10.1. The van der Waals surface area contributed by atoms with Gasteiger partial charge in [-0.25, -0.2) is 0 Å². The summed E-state index contributed by atoms with van der Waals surface area (Å²) in [6.07, 6.45) is 7.65. The van der Waals surface area contributed by atoms with Crippen molar-refractivity contribution < 1.29 is 4.74 Å². The number of nitrogens with one attached hydrogen (secondary N) is 1. The molecule has 0 saturated carbocycles. The molecule has 0 radical (unpaired) electrons. The first-order chi connectivity index (χ1) is 13.4. The van der Waals surface area contributed by atoms with Gasteiger partial charge in [0, 0.05) is 19.1 Å². The van der Waals surface area contributed by atoms with Crippen LogP contribution in [-0.4, -0.2) is 31.1 Å². The molecule has 4 rings (SSSR count). The number of rotatable bonds is 8. The summed E-state index contributed by atoms with van der Waals surface area (Å²) in [7, 11) is 0. The number of benzene rings is 2. The Bertz CT molecular complexity index is 707. The zero-order valence-corrected chi connectivity index (χ0v) is 16.3. The van der Waals surface area contributed by atoms with Crippen molar-refractivity contribution in [3.8, 4) is 5.75 Å². The molecule has 0 spiro atoms. The second kappa shape index (κ2) is 10.6. The summed E-state index contributed by atoms with van der Waals surface area (Å²) < 4.78 is 5.93. The van der Waals surface area contributed by atoms with Gasteiger partial charge in [0.05, 0.1) is 6.61 Å². The third-order valence-electron chi connectivity index (χ3n) is 5.94. The standard InChI is InChI=1S/C24H32N2O.CH4/c1-4-15-26(16-5-1)17-6-18-27-22-12-9-20(10-13-22)19-25-24-14-11-21-7-2-3-8-23(21)24;/h2-3,7-10,12-13,24-25H,1,4-6,11,14-19H2;1H4. The number of aryl methyl sites for hydroxylation is 1. The van der Waals surface area contributed by atoms with Crippen LogP contribution in [0, 0.1) is 0 Å². The van der Waals surface area contributed by atoms with E-state index in [1.165, 1.54) is 68.4 Å². The average molecular weight is 381 g/mol. The Balaban J connectivity index is 0.00000225. The molecule has 1 aliphatic heterocycles. The first-order valence-corrected chi connectivity index (χ1v) is 10.6. The third-order valence-corrected chi connectivity index (χ3v) is 5.94. The predicted octanol–water partition coefficient (Wildman–Crippen LogP) is 5.35. The van der Waals surface area contributed by atoms with E-state index in [1.54, 1.807) is 0 Å². The number of hydrogen-bond acceptors (Lipinski definition) is 3. The maximum atomic E-state index is 5.93. The minimum Gasteiger partial charge on any atom is -0.494 e. The zero-order valence-electron chi connectivity index (χ0n) is 16.3. The van der Waals surface area contributed by atoms with Crippen molar-refractivity contribution in [3.05, 3.63) is 65.2 Å². The Hall–Kier alpha value is -1.84. The molecule has 1 saturated heterocycles. The molecular weight excluding hydrogens is 344 g/mol. The van der Waals surface area contributed by atoms with Crippen LogP contribution >= 0.6 is 0 Å². The molecule has 1 unspecified atom stereocenters. The third kappa shape index (κ3) is 5.59. The summed E-state index contributed by atoms with van der Waals surface area (Å²) >= 11 is 0. The van der Waals surface area contributed by atoms with E-state index in [9.17, 15) is 0 Å². The average Bonchev–Trinajstić information content (AvgIpc) is 3.14. The molecule has 0 amide bonds. The highest BCUT2D eigenvalue weighted by Gasteiger charge is 2.20. The molecule has 1 heterocycles. The van der Waals surface area contributed by atoms with Crippen molar-refractivity contribution in [2.45, 2.75) is 58.5 Å². The van der Waals surface area contributed by atoms with Gasteiger partial charge in [-0.05, 0) is 74.0 Å². The van der Waals surface area contributed by atoms with Gasteiger partial charge < -0.3 is 15.0 Å². The van der Waals surface area contributed by atoms with Crippen LogP contribution in [0.5, 0.6) is 5.75 Å². The summed E-state index contributed by atoms with van der Waals surface area (Å²) in [5, 5.41) is 3.72. The van der Waals surface area contributed by atoms with Gasteiger partial charge in [-0.1, -0.05) is 50.2 Å². The minimum atomic E-state index is 0. The lowest BCUT2D eigenvalue weighted by Gasteiger charge is -2.26. The second-order valence-corrected chi connectivity index (χ2v) is 7.92. The molecule has 28 heavy (non-hydrogen) atoms. The fourth-order valence-corrected chi connectivity index (χ4v) is 4.37. The molecule has 2 aromatic carbocycles. The first-order valence-electron chi connectivity index (χ1n) is 10.6. The monoisotopic (exact) mass is 380 g/mol. The number of nitrogens with zero attached hydrogens (tertiary/aromatic N) is 1. The lowest BCUT2D eigenvalue weighted by molar-refractivity contribution is 0.205.